The van der Waals surface area contributed by atoms with Gasteiger partial charge in [0.1, 0.15) is 5.82 Å². The average Bonchev–Trinajstić information content (AvgIpc) is 2.40. The Morgan fingerprint density at radius 1 is 1.00 bits per heavy atom. The van der Waals surface area contributed by atoms with E-state index in [9.17, 15) is 9.18 Å². The zero-order valence-electron chi connectivity index (χ0n) is 10.1. The average molecular weight is 246 g/mol. The lowest BCUT2D eigenvalue weighted by Crippen LogP contribution is -2.06. The first-order valence-corrected chi connectivity index (χ1v) is 5.59. The van der Waals surface area contributed by atoms with E-state index in [1.165, 1.54) is 12.1 Å². The zero-order chi connectivity index (χ0) is 13.4. The summed E-state index contributed by atoms with van der Waals surface area (Å²) in [5.74, 6) is -1.37. The van der Waals surface area contributed by atoms with E-state index in [-0.39, 0.29) is 5.82 Å². The first-order chi connectivity index (χ1) is 8.61. The Morgan fingerprint density at radius 3 is 1.78 bits per heavy atom. The maximum atomic E-state index is 11.9. The summed E-state index contributed by atoms with van der Waals surface area (Å²) in [5.41, 5.74) is 0.847. The highest BCUT2D eigenvalue weighted by Gasteiger charge is 2.11. The van der Waals surface area contributed by atoms with Crippen LogP contribution in [0.25, 0.3) is 0 Å². The first-order valence-electron chi connectivity index (χ1n) is 5.59. The van der Waals surface area contributed by atoms with E-state index in [0.29, 0.717) is 0 Å². The quantitative estimate of drug-likeness (QED) is 0.877. The van der Waals surface area contributed by atoms with Gasteiger partial charge in [-0.15, -0.1) is 0 Å². The number of carboxylic acid groups (broad SMARTS) is 1. The fourth-order valence-corrected chi connectivity index (χ4v) is 1.30. The molecule has 94 valence electrons. The molecule has 0 radical (unpaired) electrons. The minimum Gasteiger partial charge on any atom is -0.481 e. The van der Waals surface area contributed by atoms with E-state index < -0.39 is 11.9 Å². The van der Waals surface area contributed by atoms with Crippen LogP contribution < -0.4 is 0 Å². The number of carboxylic acids is 1. The van der Waals surface area contributed by atoms with Crippen molar-refractivity contribution in [1.82, 2.24) is 0 Å². The smallest absolute Gasteiger partial charge is 0.310 e. The summed E-state index contributed by atoms with van der Waals surface area (Å²) < 4.78 is 11.9. The van der Waals surface area contributed by atoms with Crippen molar-refractivity contribution >= 4 is 5.97 Å². The second kappa shape index (κ2) is 7.22. The normalized spacial score (nSPS) is 11.0. The van der Waals surface area contributed by atoms with Crippen LogP contribution in [0.15, 0.2) is 60.7 Å². The Hall–Kier alpha value is -2.16. The lowest BCUT2D eigenvalue weighted by Gasteiger charge is -2.04. The van der Waals surface area contributed by atoms with Crippen molar-refractivity contribution < 1.29 is 14.3 Å². The maximum absolute atomic E-state index is 11.9. The van der Waals surface area contributed by atoms with E-state index in [1.54, 1.807) is 25.1 Å². The number of halogens is 1. The second-order valence-electron chi connectivity index (χ2n) is 3.77. The molecule has 18 heavy (non-hydrogen) atoms. The molecule has 0 saturated heterocycles. The fourth-order valence-electron chi connectivity index (χ4n) is 1.30. The van der Waals surface area contributed by atoms with Gasteiger partial charge in [0.2, 0.25) is 0 Å². The van der Waals surface area contributed by atoms with Gasteiger partial charge in [0, 0.05) is 0 Å². The van der Waals surface area contributed by atoms with E-state index in [2.05, 4.69) is 0 Å². The molecule has 0 amide bonds. The SMILES string of the molecule is CC(C(=O)O)c1ccccc1.Fc1ccccc1. The van der Waals surface area contributed by atoms with Gasteiger partial charge in [-0.2, -0.15) is 0 Å². The van der Waals surface area contributed by atoms with Crippen molar-refractivity contribution in [2.45, 2.75) is 12.8 Å². The summed E-state index contributed by atoms with van der Waals surface area (Å²) in [6.07, 6.45) is 0. The molecule has 0 aromatic heterocycles. The van der Waals surface area contributed by atoms with Gasteiger partial charge in [-0.25, -0.2) is 4.39 Å². The third-order valence-corrected chi connectivity index (χ3v) is 2.40. The van der Waals surface area contributed by atoms with Crippen molar-refractivity contribution in [3.05, 3.63) is 72.0 Å². The van der Waals surface area contributed by atoms with Crippen molar-refractivity contribution in [3.8, 4) is 0 Å². The van der Waals surface area contributed by atoms with Crippen LogP contribution in [-0.2, 0) is 4.79 Å². The largest absolute Gasteiger partial charge is 0.481 e. The van der Waals surface area contributed by atoms with Crippen LogP contribution in [0.2, 0.25) is 0 Å². The summed E-state index contributed by atoms with van der Waals surface area (Å²) in [6, 6.07) is 17.1. The minimum absolute atomic E-state index is 0.178. The van der Waals surface area contributed by atoms with Crippen LogP contribution in [0, 0.1) is 5.82 Å². The van der Waals surface area contributed by atoms with E-state index in [4.69, 9.17) is 5.11 Å². The van der Waals surface area contributed by atoms with Gasteiger partial charge in [-0.3, -0.25) is 4.79 Å². The highest BCUT2D eigenvalue weighted by Crippen LogP contribution is 2.13. The van der Waals surface area contributed by atoms with Gasteiger partial charge >= 0.3 is 5.97 Å². The molecule has 0 aliphatic carbocycles. The molecule has 2 aromatic carbocycles. The van der Waals surface area contributed by atoms with E-state index in [1.807, 2.05) is 30.3 Å². The molecule has 0 fully saturated rings. The van der Waals surface area contributed by atoms with Gasteiger partial charge in [0.05, 0.1) is 5.92 Å². The van der Waals surface area contributed by atoms with Crippen LogP contribution in [0.4, 0.5) is 4.39 Å². The van der Waals surface area contributed by atoms with Crippen molar-refractivity contribution in [2.24, 2.45) is 0 Å². The molecule has 0 aliphatic rings. The third kappa shape index (κ3) is 4.78. The number of rotatable bonds is 2. The third-order valence-electron chi connectivity index (χ3n) is 2.40. The summed E-state index contributed by atoms with van der Waals surface area (Å²) >= 11 is 0. The molecule has 2 rings (SSSR count). The minimum atomic E-state index is -0.781. The number of hydrogen-bond donors (Lipinski definition) is 1. The Balaban J connectivity index is 0.000000199. The Labute approximate surface area is 106 Å². The molecule has 0 aliphatic heterocycles. The summed E-state index contributed by atoms with van der Waals surface area (Å²) in [4.78, 5) is 10.5. The van der Waals surface area contributed by atoms with Gasteiger partial charge in [-0.05, 0) is 24.6 Å². The Morgan fingerprint density at radius 2 is 1.44 bits per heavy atom. The van der Waals surface area contributed by atoms with Crippen molar-refractivity contribution in [2.75, 3.05) is 0 Å². The molecule has 1 unspecified atom stereocenters. The van der Waals surface area contributed by atoms with Crippen LogP contribution in [-0.4, -0.2) is 11.1 Å². The molecule has 1 N–H and O–H groups in total. The lowest BCUT2D eigenvalue weighted by molar-refractivity contribution is -0.138. The summed E-state index contributed by atoms with van der Waals surface area (Å²) in [5, 5.41) is 8.64. The fraction of sp³-hybridized carbons (Fsp3) is 0.133. The molecule has 0 bridgehead atoms. The summed E-state index contributed by atoms with van der Waals surface area (Å²) in [6.45, 7) is 1.68. The summed E-state index contributed by atoms with van der Waals surface area (Å²) in [7, 11) is 0. The molecule has 3 heteroatoms. The number of carbonyl (C=O) groups is 1. The monoisotopic (exact) mass is 246 g/mol. The van der Waals surface area contributed by atoms with Gasteiger partial charge in [-0.1, -0.05) is 48.5 Å². The Bertz CT molecular complexity index is 468. The van der Waals surface area contributed by atoms with E-state index in [0.717, 1.165) is 5.56 Å². The maximum Gasteiger partial charge on any atom is 0.310 e. The van der Waals surface area contributed by atoms with Gasteiger partial charge < -0.3 is 5.11 Å². The van der Waals surface area contributed by atoms with Gasteiger partial charge in [0.25, 0.3) is 0 Å². The van der Waals surface area contributed by atoms with E-state index >= 15 is 0 Å². The number of aliphatic carboxylic acids is 1. The molecule has 0 spiro atoms. The topological polar surface area (TPSA) is 37.3 Å². The molecule has 0 saturated carbocycles. The van der Waals surface area contributed by atoms with Crippen molar-refractivity contribution in [3.63, 3.8) is 0 Å². The predicted molar refractivity (Wildman–Crippen MR) is 68.9 cm³/mol. The molecule has 0 heterocycles. The van der Waals surface area contributed by atoms with Crippen LogP contribution in [0.5, 0.6) is 0 Å². The number of benzene rings is 2. The lowest BCUT2D eigenvalue weighted by atomic mass is 10.0. The predicted octanol–water partition coefficient (Wildman–Crippen LogP) is 3.70. The molecular weight excluding hydrogens is 231 g/mol. The highest BCUT2D eigenvalue weighted by atomic mass is 19.1. The standard InChI is InChI=1S/C9H10O2.C6H5F/c1-7(9(10)11)8-5-3-2-4-6-8;7-6-4-2-1-3-5-6/h2-7H,1H3,(H,10,11);1-5H. The van der Waals surface area contributed by atoms with Crippen molar-refractivity contribution in [1.29, 1.82) is 0 Å². The molecule has 2 aromatic rings. The second-order valence-corrected chi connectivity index (χ2v) is 3.77. The Kier molecular flexibility index (Phi) is 5.58. The van der Waals surface area contributed by atoms with Crippen LogP contribution in [0.3, 0.4) is 0 Å². The molecule has 1 atom stereocenters. The van der Waals surface area contributed by atoms with Crippen LogP contribution in [0.1, 0.15) is 18.4 Å². The van der Waals surface area contributed by atoms with Gasteiger partial charge in [0.15, 0.2) is 0 Å². The van der Waals surface area contributed by atoms with Crippen LogP contribution >= 0.6 is 0 Å². The first kappa shape index (κ1) is 13.9. The number of hydrogen-bond acceptors (Lipinski definition) is 1. The highest BCUT2D eigenvalue weighted by molar-refractivity contribution is 5.75. The zero-order valence-corrected chi connectivity index (χ0v) is 10.1. The molecule has 2 nitrogen and oxygen atoms in total. The molecular formula is C15H15FO2.